The number of hydrogen-bond acceptors (Lipinski definition) is 2. The summed E-state index contributed by atoms with van der Waals surface area (Å²) in [6, 6.07) is 10.7. The minimum atomic E-state index is 0.335. The molecule has 0 aliphatic rings. The van der Waals surface area contributed by atoms with Crippen molar-refractivity contribution in [1.29, 1.82) is 0 Å². The van der Waals surface area contributed by atoms with Crippen LogP contribution in [0.4, 0.5) is 5.95 Å². The van der Waals surface area contributed by atoms with Gasteiger partial charge >= 0.3 is 0 Å². The first-order valence-electron chi connectivity index (χ1n) is 5.45. The first-order chi connectivity index (χ1) is 9.06. The normalized spacial score (nSPS) is 11.1. The molecular weight excluding hydrogens is 305 g/mol. The van der Waals surface area contributed by atoms with Gasteiger partial charge in [0.15, 0.2) is 0 Å². The molecule has 0 saturated carbocycles. The predicted molar refractivity (Wildman–Crippen MR) is 80.5 cm³/mol. The van der Waals surface area contributed by atoms with Crippen molar-refractivity contribution in [1.82, 2.24) is 9.55 Å². The Morgan fingerprint density at radius 3 is 2.37 bits per heavy atom. The summed E-state index contributed by atoms with van der Waals surface area (Å²) in [4.78, 5) is 4.27. The minimum Gasteiger partial charge on any atom is -0.369 e. The number of nitrogens with two attached hydrogens (primary N) is 1. The molecule has 2 N–H and O–H groups in total. The fourth-order valence-corrected chi connectivity index (χ4v) is 2.75. The number of nitrogens with zero attached hydrogens (tertiary/aromatic N) is 2. The standard InChI is InChI=1S/C13H8Cl3N3/c14-7-4-8(15)6-9(5-7)19-11-3-1-2-10(16)12(11)18-13(19)17/h1-6H,(H2,17,18). The zero-order valence-corrected chi connectivity index (χ0v) is 11.8. The van der Waals surface area contributed by atoms with Gasteiger partial charge in [0, 0.05) is 10.0 Å². The fraction of sp³-hybridized carbons (Fsp3) is 0. The number of halogens is 3. The van der Waals surface area contributed by atoms with Gasteiger partial charge in [-0.05, 0) is 30.3 Å². The third-order valence-corrected chi connectivity index (χ3v) is 3.51. The first kappa shape index (κ1) is 12.6. The maximum Gasteiger partial charge on any atom is 0.205 e. The van der Waals surface area contributed by atoms with E-state index in [0.717, 1.165) is 11.2 Å². The van der Waals surface area contributed by atoms with Gasteiger partial charge in [-0.25, -0.2) is 4.98 Å². The van der Waals surface area contributed by atoms with Crippen LogP contribution in [0.2, 0.25) is 15.1 Å². The first-order valence-corrected chi connectivity index (χ1v) is 6.58. The van der Waals surface area contributed by atoms with Crippen LogP contribution < -0.4 is 5.73 Å². The van der Waals surface area contributed by atoms with Crippen LogP contribution in [0.3, 0.4) is 0 Å². The van der Waals surface area contributed by atoms with Crippen LogP contribution in [0.5, 0.6) is 0 Å². The van der Waals surface area contributed by atoms with E-state index < -0.39 is 0 Å². The highest BCUT2D eigenvalue weighted by Crippen LogP contribution is 2.30. The Morgan fingerprint density at radius 2 is 1.68 bits per heavy atom. The van der Waals surface area contributed by atoms with E-state index in [2.05, 4.69) is 4.98 Å². The summed E-state index contributed by atoms with van der Waals surface area (Å²) in [5.41, 5.74) is 8.17. The van der Waals surface area contributed by atoms with Crippen molar-refractivity contribution in [3.63, 3.8) is 0 Å². The Labute approximate surface area is 124 Å². The van der Waals surface area contributed by atoms with Crippen molar-refractivity contribution in [3.05, 3.63) is 51.5 Å². The summed E-state index contributed by atoms with van der Waals surface area (Å²) in [6.45, 7) is 0. The third-order valence-electron chi connectivity index (χ3n) is 2.77. The number of aromatic nitrogens is 2. The van der Waals surface area contributed by atoms with Crippen molar-refractivity contribution in [2.75, 3.05) is 5.73 Å². The lowest BCUT2D eigenvalue weighted by Crippen LogP contribution is -2.00. The molecule has 0 bridgehead atoms. The largest absolute Gasteiger partial charge is 0.369 e. The average Bonchev–Trinajstić information content (AvgIpc) is 2.65. The van der Waals surface area contributed by atoms with E-state index in [-0.39, 0.29) is 0 Å². The van der Waals surface area contributed by atoms with E-state index >= 15 is 0 Å². The van der Waals surface area contributed by atoms with E-state index in [1.165, 1.54) is 0 Å². The molecule has 3 rings (SSSR count). The van der Waals surface area contributed by atoms with Crippen molar-refractivity contribution < 1.29 is 0 Å². The second kappa shape index (κ2) is 4.60. The van der Waals surface area contributed by atoms with Gasteiger partial charge in [0.1, 0.15) is 5.52 Å². The molecule has 96 valence electrons. The number of hydrogen-bond donors (Lipinski definition) is 1. The van der Waals surface area contributed by atoms with Crippen LogP contribution in [0.15, 0.2) is 36.4 Å². The van der Waals surface area contributed by atoms with E-state index in [1.807, 2.05) is 12.1 Å². The van der Waals surface area contributed by atoms with Gasteiger partial charge in [0.25, 0.3) is 0 Å². The zero-order chi connectivity index (χ0) is 13.6. The number of rotatable bonds is 1. The lowest BCUT2D eigenvalue weighted by atomic mass is 10.3. The predicted octanol–water partition coefficient (Wildman–Crippen LogP) is 4.57. The minimum absolute atomic E-state index is 0.335. The van der Waals surface area contributed by atoms with E-state index in [1.54, 1.807) is 28.8 Å². The second-order valence-electron chi connectivity index (χ2n) is 4.04. The molecule has 6 heteroatoms. The fourth-order valence-electron chi connectivity index (χ4n) is 2.02. The number of fused-ring (bicyclic) bond motifs is 1. The number of nitrogen functional groups attached to an aromatic ring is 1. The zero-order valence-electron chi connectivity index (χ0n) is 9.57. The highest BCUT2D eigenvalue weighted by atomic mass is 35.5. The maximum absolute atomic E-state index is 6.11. The molecule has 3 aromatic rings. The van der Waals surface area contributed by atoms with Crippen molar-refractivity contribution in [2.45, 2.75) is 0 Å². The summed E-state index contributed by atoms with van der Waals surface area (Å²) in [7, 11) is 0. The van der Waals surface area contributed by atoms with Crippen LogP contribution >= 0.6 is 34.8 Å². The molecule has 19 heavy (non-hydrogen) atoms. The Balaban J connectivity index is 2.36. The highest BCUT2D eigenvalue weighted by Gasteiger charge is 2.13. The third kappa shape index (κ3) is 2.14. The average molecular weight is 313 g/mol. The van der Waals surface area contributed by atoms with Gasteiger partial charge in [0.2, 0.25) is 5.95 Å². The summed E-state index contributed by atoms with van der Waals surface area (Å²) in [6.07, 6.45) is 0. The molecule has 0 spiro atoms. The van der Waals surface area contributed by atoms with Gasteiger partial charge in [0.05, 0.1) is 16.2 Å². The molecule has 0 atom stereocenters. The Morgan fingerprint density at radius 1 is 1.00 bits per heavy atom. The molecule has 0 saturated heterocycles. The van der Waals surface area contributed by atoms with E-state index in [4.69, 9.17) is 40.5 Å². The van der Waals surface area contributed by atoms with Crippen LogP contribution in [-0.4, -0.2) is 9.55 Å². The van der Waals surface area contributed by atoms with Gasteiger partial charge in [-0.1, -0.05) is 40.9 Å². The quantitative estimate of drug-likeness (QED) is 0.715. The Bertz CT molecular complexity index is 760. The van der Waals surface area contributed by atoms with E-state index in [0.29, 0.717) is 26.5 Å². The molecule has 1 aromatic heterocycles. The maximum atomic E-state index is 6.11. The van der Waals surface area contributed by atoms with Crippen LogP contribution in [0, 0.1) is 0 Å². The van der Waals surface area contributed by atoms with Gasteiger partial charge in [-0.2, -0.15) is 0 Å². The monoisotopic (exact) mass is 311 g/mol. The van der Waals surface area contributed by atoms with Crippen LogP contribution in [0.1, 0.15) is 0 Å². The number of benzene rings is 2. The lowest BCUT2D eigenvalue weighted by Gasteiger charge is -2.07. The molecule has 1 heterocycles. The SMILES string of the molecule is Nc1nc2c(Cl)cccc2n1-c1cc(Cl)cc(Cl)c1. The molecule has 3 nitrogen and oxygen atoms in total. The molecule has 0 radical (unpaired) electrons. The molecule has 0 aliphatic heterocycles. The lowest BCUT2D eigenvalue weighted by molar-refractivity contribution is 1.11. The number of imidazole rings is 1. The van der Waals surface area contributed by atoms with Crippen molar-refractivity contribution >= 4 is 51.8 Å². The Hall–Kier alpha value is -1.42. The van der Waals surface area contributed by atoms with Crippen molar-refractivity contribution in [3.8, 4) is 5.69 Å². The topological polar surface area (TPSA) is 43.8 Å². The summed E-state index contributed by atoms with van der Waals surface area (Å²) in [5, 5.41) is 1.62. The summed E-state index contributed by atoms with van der Waals surface area (Å²) < 4.78 is 1.76. The molecular formula is C13H8Cl3N3. The van der Waals surface area contributed by atoms with E-state index in [9.17, 15) is 0 Å². The summed E-state index contributed by atoms with van der Waals surface area (Å²) >= 11 is 18.1. The molecule has 0 aliphatic carbocycles. The highest BCUT2D eigenvalue weighted by molar-refractivity contribution is 6.35. The van der Waals surface area contributed by atoms with Crippen LogP contribution in [-0.2, 0) is 0 Å². The summed E-state index contributed by atoms with van der Waals surface area (Å²) in [5.74, 6) is 0.335. The Kier molecular flexibility index (Phi) is 3.05. The van der Waals surface area contributed by atoms with Gasteiger partial charge in [-0.3, -0.25) is 4.57 Å². The van der Waals surface area contributed by atoms with Gasteiger partial charge < -0.3 is 5.73 Å². The smallest absolute Gasteiger partial charge is 0.205 e. The molecule has 0 fully saturated rings. The van der Waals surface area contributed by atoms with Crippen LogP contribution in [0.25, 0.3) is 16.7 Å². The molecule has 2 aromatic carbocycles. The molecule has 0 unspecified atom stereocenters. The molecule has 0 amide bonds. The van der Waals surface area contributed by atoms with Crippen molar-refractivity contribution in [2.24, 2.45) is 0 Å². The number of anilines is 1. The van der Waals surface area contributed by atoms with Gasteiger partial charge in [-0.15, -0.1) is 0 Å². The number of para-hydroxylation sites is 1. The second-order valence-corrected chi connectivity index (χ2v) is 5.32.